The fourth-order valence-electron chi connectivity index (χ4n) is 1.59. The number of nitrogens with zero attached hydrogens (tertiary/aromatic N) is 2. The molecular formula is C10H19N3S. The Kier molecular flexibility index (Phi) is 4.48. The van der Waals surface area contributed by atoms with E-state index in [0.717, 1.165) is 11.6 Å². The highest BCUT2D eigenvalue weighted by Crippen LogP contribution is 2.10. The molecule has 14 heavy (non-hydrogen) atoms. The van der Waals surface area contributed by atoms with Crippen molar-refractivity contribution in [3.05, 3.63) is 18.2 Å². The Balaban J connectivity index is 2.50. The first kappa shape index (κ1) is 11.6. The summed E-state index contributed by atoms with van der Waals surface area (Å²) in [5, 5.41) is 3.52. The molecule has 1 aromatic rings. The number of aromatic nitrogens is 2. The van der Waals surface area contributed by atoms with Crippen LogP contribution in [0.25, 0.3) is 0 Å². The van der Waals surface area contributed by atoms with E-state index in [0.29, 0.717) is 12.1 Å². The van der Waals surface area contributed by atoms with E-state index in [1.807, 2.05) is 31.2 Å². The normalized spacial score (nSPS) is 15.4. The molecule has 1 rings (SSSR count). The van der Waals surface area contributed by atoms with Gasteiger partial charge in [0, 0.05) is 31.2 Å². The van der Waals surface area contributed by atoms with Crippen LogP contribution in [0.2, 0.25) is 0 Å². The predicted molar refractivity (Wildman–Crippen MR) is 62.6 cm³/mol. The predicted octanol–water partition coefficient (Wildman–Crippen LogP) is 1.82. The summed E-state index contributed by atoms with van der Waals surface area (Å²) >= 11 is 1.86. The van der Waals surface area contributed by atoms with Crippen LogP contribution in [0.1, 0.15) is 25.7 Å². The Morgan fingerprint density at radius 3 is 2.79 bits per heavy atom. The summed E-state index contributed by atoms with van der Waals surface area (Å²) in [5.41, 5.74) is 0. The van der Waals surface area contributed by atoms with Crippen LogP contribution >= 0.6 is 11.8 Å². The largest absolute Gasteiger partial charge is 0.337 e. The van der Waals surface area contributed by atoms with E-state index < -0.39 is 0 Å². The van der Waals surface area contributed by atoms with Gasteiger partial charge >= 0.3 is 0 Å². The average molecular weight is 213 g/mol. The number of thioether (sulfide) groups is 1. The van der Waals surface area contributed by atoms with Gasteiger partial charge in [0.25, 0.3) is 0 Å². The molecule has 0 amide bonds. The van der Waals surface area contributed by atoms with E-state index in [1.165, 1.54) is 0 Å². The van der Waals surface area contributed by atoms with Gasteiger partial charge in [-0.3, -0.25) is 0 Å². The Morgan fingerprint density at radius 2 is 2.29 bits per heavy atom. The van der Waals surface area contributed by atoms with Gasteiger partial charge in [0.2, 0.25) is 0 Å². The Hall–Kier alpha value is -0.480. The number of hydrogen-bond donors (Lipinski definition) is 1. The van der Waals surface area contributed by atoms with Crippen molar-refractivity contribution in [2.24, 2.45) is 7.05 Å². The zero-order chi connectivity index (χ0) is 10.6. The van der Waals surface area contributed by atoms with Crippen molar-refractivity contribution in [2.75, 3.05) is 12.0 Å². The van der Waals surface area contributed by atoms with Gasteiger partial charge in [-0.15, -0.1) is 0 Å². The van der Waals surface area contributed by atoms with Crippen LogP contribution in [0.3, 0.4) is 0 Å². The second kappa shape index (κ2) is 5.41. The van der Waals surface area contributed by atoms with Gasteiger partial charge in [-0.1, -0.05) is 0 Å². The van der Waals surface area contributed by atoms with Crippen molar-refractivity contribution < 1.29 is 0 Å². The number of aryl methyl sites for hydroxylation is 1. The van der Waals surface area contributed by atoms with Crippen LogP contribution in [0.15, 0.2) is 12.4 Å². The number of imidazole rings is 1. The monoisotopic (exact) mass is 213 g/mol. The van der Waals surface area contributed by atoms with Gasteiger partial charge in [-0.2, -0.15) is 11.8 Å². The van der Waals surface area contributed by atoms with Crippen molar-refractivity contribution in [2.45, 2.75) is 25.9 Å². The average Bonchev–Trinajstić information content (AvgIpc) is 2.51. The van der Waals surface area contributed by atoms with Crippen LogP contribution in [0.4, 0.5) is 0 Å². The molecule has 0 bridgehead atoms. The maximum absolute atomic E-state index is 4.32. The Morgan fingerprint density at radius 1 is 1.57 bits per heavy atom. The highest BCUT2D eigenvalue weighted by Gasteiger charge is 2.12. The smallest absolute Gasteiger partial charge is 0.125 e. The van der Waals surface area contributed by atoms with Crippen molar-refractivity contribution in [3.63, 3.8) is 0 Å². The lowest BCUT2D eigenvalue weighted by molar-refractivity contribution is 0.481. The summed E-state index contributed by atoms with van der Waals surface area (Å²) in [5.74, 6) is 2.23. The summed E-state index contributed by atoms with van der Waals surface area (Å²) in [7, 11) is 2.03. The third-order valence-corrected chi connectivity index (χ3v) is 3.03. The number of nitrogens with one attached hydrogen (secondary N) is 1. The van der Waals surface area contributed by atoms with Crippen molar-refractivity contribution in [1.82, 2.24) is 14.9 Å². The molecule has 1 heterocycles. The molecule has 2 atom stereocenters. The van der Waals surface area contributed by atoms with E-state index in [9.17, 15) is 0 Å². The van der Waals surface area contributed by atoms with Crippen molar-refractivity contribution >= 4 is 11.8 Å². The van der Waals surface area contributed by atoms with E-state index in [-0.39, 0.29) is 0 Å². The lowest BCUT2D eigenvalue weighted by atomic mass is 10.2. The lowest BCUT2D eigenvalue weighted by Crippen LogP contribution is -2.32. The molecule has 0 radical (unpaired) electrons. The zero-order valence-corrected chi connectivity index (χ0v) is 10.1. The van der Waals surface area contributed by atoms with Gasteiger partial charge in [-0.25, -0.2) is 4.98 Å². The molecule has 3 nitrogen and oxygen atoms in total. The molecule has 4 heteroatoms. The fraction of sp³-hybridized carbons (Fsp3) is 0.700. The van der Waals surface area contributed by atoms with Crippen molar-refractivity contribution in [1.29, 1.82) is 0 Å². The molecule has 0 aliphatic rings. The highest BCUT2D eigenvalue weighted by molar-refractivity contribution is 7.98. The molecule has 80 valence electrons. The summed E-state index contributed by atoms with van der Waals surface area (Å²) in [6.45, 7) is 4.36. The van der Waals surface area contributed by atoms with Crippen LogP contribution in [-0.2, 0) is 7.05 Å². The van der Waals surface area contributed by atoms with E-state index in [4.69, 9.17) is 0 Å². The summed E-state index contributed by atoms with van der Waals surface area (Å²) in [6, 6.07) is 0.842. The number of hydrogen-bond acceptors (Lipinski definition) is 3. The standard InChI is InChI=1S/C10H19N3S/c1-8(7-14-4)12-9(2)10-11-5-6-13(10)3/h5-6,8-9,12H,7H2,1-4H3. The molecule has 0 saturated heterocycles. The molecule has 1 aromatic heterocycles. The zero-order valence-electron chi connectivity index (χ0n) is 9.32. The van der Waals surface area contributed by atoms with Crippen molar-refractivity contribution in [3.8, 4) is 0 Å². The summed E-state index contributed by atoms with van der Waals surface area (Å²) in [4.78, 5) is 4.32. The van der Waals surface area contributed by atoms with Crippen LogP contribution in [0.5, 0.6) is 0 Å². The molecule has 0 aliphatic carbocycles. The molecule has 0 aromatic carbocycles. The van der Waals surface area contributed by atoms with Gasteiger partial charge < -0.3 is 9.88 Å². The maximum Gasteiger partial charge on any atom is 0.125 e. The second-order valence-electron chi connectivity index (χ2n) is 3.64. The Bertz CT molecular complexity index is 272. The third kappa shape index (κ3) is 3.03. The summed E-state index contributed by atoms with van der Waals surface area (Å²) in [6.07, 6.45) is 5.95. The van der Waals surface area contributed by atoms with Crippen LogP contribution < -0.4 is 5.32 Å². The minimum Gasteiger partial charge on any atom is -0.337 e. The maximum atomic E-state index is 4.32. The first-order valence-electron chi connectivity index (χ1n) is 4.87. The van der Waals surface area contributed by atoms with E-state index >= 15 is 0 Å². The van der Waals surface area contributed by atoms with Gasteiger partial charge in [0.15, 0.2) is 0 Å². The molecule has 1 N–H and O–H groups in total. The SMILES string of the molecule is CSCC(C)NC(C)c1nccn1C. The second-order valence-corrected chi connectivity index (χ2v) is 4.55. The minimum absolute atomic E-state index is 0.317. The Labute approximate surface area is 90.3 Å². The number of rotatable bonds is 5. The minimum atomic E-state index is 0.317. The molecule has 2 unspecified atom stereocenters. The lowest BCUT2D eigenvalue weighted by Gasteiger charge is -2.18. The fourth-order valence-corrected chi connectivity index (χ4v) is 2.19. The van der Waals surface area contributed by atoms with Gasteiger partial charge in [0.1, 0.15) is 5.82 Å². The molecular weight excluding hydrogens is 194 g/mol. The first-order chi connectivity index (χ1) is 6.65. The van der Waals surface area contributed by atoms with E-state index in [2.05, 4.69) is 35.0 Å². The van der Waals surface area contributed by atoms with E-state index in [1.54, 1.807) is 0 Å². The van der Waals surface area contributed by atoms with Crippen LogP contribution in [0, 0.1) is 0 Å². The highest BCUT2D eigenvalue weighted by atomic mass is 32.2. The quantitative estimate of drug-likeness (QED) is 0.809. The molecule has 0 saturated carbocycles. The molecule has 0 fully saturated rings. The topological polar surface area (TPSA) is 29.9 Å². The third-order valence-electron chi connectivity index (χ3n) is 2.20. The van der Waals surface area contributed by atoms with Gasteiger partial charge in [-0.05, 0) is 20.1 Å². The first-order valence-corrected chi connectivity index (χ1v) is 6.26. The van der Waals surface area contributed by atoms with Crippen LogP contribution in [-0.4, -0.2) is 27.6 Å². The molecule has 0 spiro atoms. The summed E-state index contributed by atoms with van der Waals surface area (Å²) < 4.78 is 2.06. The van der Waals surface area contributed by atoms with Gasteiger partial charge in [0.05, 0.1) is 6.04 Å². The molecule has 0 aliphatic heterocycles.